The molecule has 0 radical (unpaired) electrons. The number of anilines is 3. The van der Waals surface area contributed by atoms with Crippen LogP contribution in [-0.4, -0.2) is 33.0 Å². The second kappa shape index (κ2) is 9.65. The van der Waals surface area contributed by atoms with Crippen molar-refractivity contribution in [2.75, 3.05) is 27.7 Å². The lowest BCUT2D eigenvalue weighted by Gasteiger charge is -2.23. The van der Waals surface area contributed by atoms with Gasteiger partial charge in [-0.1, -0.05) is 42.5 Å². The molecule has 0 aliphatic carbocycles. The molecule has 3 aromatic rings. The second-order valence-electron chi connectivity index (χ2n) is 7.47. The average molecular weight is 452 g/mol. The van der Waals surface area contributed by atoms with Crippen LogP contribution in [0.4, 0.5) is 17.1 Å². The van der Waals surface area contributed by atoms with Crippen LogP contribution in [-0.2, 0) is 14.8 Å². The summed E-state index contributed by atoms with van der Waals surface area (Å²) in [5, 5.41) is 5.49. The van der Waals surface area contributed by atoms with Gasteiger partial charge in [-0.2, -0.15) is 0 Å². The standard InChI is InChI=1S/C24H25N3O4S/c1-17-9-8-11-19(15-17)25-24(29)20-12-5-6-13-21(20)26-23(28)16-27(32(3,30)31)22-14-7-4-10-18(22)2/h4-15H,16H2,1-3H3,(H,25,29)(H,26,28). The number of carbonyl (C=O) groups is 2. The van der Waals surface area contributed by atoms with Gasteiger partial charge >= 0.3 is 0 Å². The average Bonchev–Trinajstić information content (AvgIpc) is 2.72. The van der Waals surface area contributed by atoms with Crippen LogP contribution in [0.25, 0.3) is 0 Å². The molecule has 2 amide bonds. The number of hydrogen-bond acceptors (Lipinski definition) is 4. The first-order valence-electron chi connectivity index (χ1n) is 9.95. The predicted octanol–water partition coefficient (Wildman–Crippen LogP) is 3.96. The van der Waals surface area contributed by atoms with Gasteiger partial charge in [0.15, 0.2) is 0 Å². The molecule has 0 saturated carbocycles. The van der Waals surface area contributed by atoms with Crippen LogP contribution in [0, 0.1) is 13.8 Å². The van der Waals surface area contributed by atoms with Gasteiger partial charge in [-0.3, -0.25) is 13.9 Å². The Hall–Kier alpha value is -3.65. The number of nitrogens with one attached hydrogen (secondary N) is 2. The van der Waals surface area contributed by atoms with Crippen LogP contribution in [0.1, 0.15) is 21.5 Å². The Labute approximate surface area is 188 Å². The fraction of sp³-hybridized carbons (Fsp3) is 0.167. The number of nitrogens with zero attached hydrogens (tertiary/aromatic N) is 1. The maximum Gasteiger partial charge on any atom is 0.257 e. The summed E-state index contributed by atoms with van der Waals surface area (Å²) in [7, 11) is -3.71. The zero-order valence-corrected chi connectivity index (χ0v) is 18.9. The molecule has 0 unspecified atom stereocenters. The molecule has 3 aromatic carbocycles. The van der Waals surface area contributed by atoms with Crippen LogP contribution in [0.3, 0.4) is 0 Å². The van der Waals surface area contributed by atoms with Crippen LogP contribution in [0.2, 0.25) is 0 Å². The van der Waals surface area contributed by atoms with Gasteiger partial charge in [-0.05, 0) is 55.3 Å². The van der Waals surface area contributed by atoms with E-state index in [1.54, 1.807) is 61.5 Å². The molecular weight excluding hydrogens is 426 g/mol. The van der Waals surface area contributed by atoms with Crippen molar-refractivity contribution in [3.05, 3.63) is 89.5 Å². The molecule has 7 nitrogen and oxygen atoms in total. The van der Waals surface area contributed by atoms with Gasteiger partial charge in [0.2, 0.25) is 15.9 Å². The van der Waals surface area contributed by atoms with E-state index in [-0.39, 0.29) is 11.5 Å². The first kappa shape index (κ1) is 23.0. The van der Waals surface area contributed by atoms with Gasteiger partial charge in [0.1, 0.15) is 6.54 Å². The summed E-state index contributed by atoms with van der Waals surface area (Å²) < 4.78 is 25.8. The quantitative estimate of drug-likeness (QED) is 0.568. The first-order chi connectivity index (χ1) is 15.1. The summed E-state index contributed by atoms with van der Waals surface area (Å²) in [6, 6.07) is 20.9. The number of aryl methyl sites for hydroxylation is 2. The molecule has 0 aliphatic heterocycles. The molecule has 0 spiro atoms. The lowest BCUT2D eigenvalue weighted by atomic mass is 10.1. The number of benzene rings is 3. The Morgan fingerprint density at radius 1 is 0.875 bits per heavy atom. The topological polar surface area (TPSA) is 95.6 Å². The van der Waals surface area contributed by atoms with Crippen molar-refractivity contribution < 1.29 is 18.0 Å². The Kier molecular flexibility index (Phi) is 6.95. The van der Waals surface area contributed by atoms with E-state index < -0.39 is 22.5 Å². The van der Waals surface area contributed by atoms with Crippen molar-refractivity contribution in [3.63, 3.8) is 0 Å². The molecule has 32 heavy (non-hydrogen) atoms. The molecule has 3 rings (SSSR count). The minimum absolute atomic E-state index is 0.268. The largest absolute Gasteiger partial charge is 0.324 e. The molecule has 8 heteroatoms. The van der Waals surface area contributed by atoms with Gasteiger partial charge in [-0.15, -0.1) is 0 Å². The van der Waals surface area contributed by atoms with Crippen LogP contribution >= 0.6 is 0 Å². The SMILES string of the molecule is Cc1cccc(NC(=O)c2ccccc2NC(=O)CN(c2ccccc2C)S(C)(=O)=O)c1. The van der Waals surface area contributed by atoms with Gasteiger partial charge in [0.25, 0.3) is 5.91 Å². The van der Waals surface area contributed by atoms with E-state index in [2.05, 4.69) is 10.6 Å². The highest BCUT2D eigenvalue weighted by molar-refractivity contribution is 7.92. The summed E-state index contributed by atoms with van der Waals surface area (Å²) in [5.41, 5.74) is 3.35. The number of sulfonamides is 1. The van der Waals surface area contributed by atoms with Crippen molar-refractivity contribution in [2.45, 2.75) is 13.8 Å². The fourth-order valence-corrected chi connectivity index (χ4v) is 4.17. The molecule has 0 aromatic heterocycles. The normalized spacial score (nSPS) is 11.0. The Morgan fingerprint density at radius 3 is 2.25 bits per heavy atom. The molecule has 166 valence electrons. The van der Waals surface area contributed by atoms with Crippen molar-refractivity contribution in [1.29, 1.82) is 0 Å². The summed E-state index contributed by atoms with van der Waals surface area (Å²) in [5.74, 6) is -0.945. The monoisotopic (exact) mass is 451 g/mol. The highest BCUT2D eigenvalue weighted by atomic mass is 32.2. The molecule has 0 bridgehead atoms. The number of carbonyl (C=O) groups excluding carboxylic acids is 2. The van der Waals surface area contributed by atoms with Crippen LogP contribution in [0.5, 0.6) is 0 Å². The smallest absolute Gasteiger partial charge is 0.257 e. The molecule has 0 saturated heterocycles. The fourth-order valence-electron chi connectivity index (χ4n) is 3.26. The Morgan fingerprint density at radius 2 is 1.56 bits per heavy atom. The van der Waals surface area contributed by atoms with Crippen molar-refractivity contribution in [1.82, 2.24) is 0 Å². The summed E-state index contributed by atoms with van der Waals surface area (Å²) in [4.78, 5) is 25.6. The number of para-hydroxylation sites is 2. The van der Waals surface area contributed by atoms with Gasteiger partial charge in [-0.25, -0.2) is 8.42 Å². The lowest BCUT2D eigenvalue weighted by Crippen LogP contribution is -2.38. The molecular formula is C24H25N3O4S. The molecule has 0 aliphatic rings. The first-order valence-corrected chi connectivity index (χ1v) is 11.8. The van der Waals surface area contributed by atoms with Crippen molar-refractivity contribution in [3.8, 4) is 0 Å². The predicted molar refractivity (Wildman–Crippen MR) is 128 cm³/mol. The van der Waals surface area contributed by atoms with Crippen LogP contribution in [0.15, 0.2) is 72.8 Å². The Balaban J connectivity index is 1.80. The van der Waals surface area contributed by atoms with E-state index in [0.29, 0.717) is 17.1 Å². The number of rotatable bonds is 7. The molecule has 0 heterocycles. The van der Waals surface area contributed by atoms with E-state index >= 15 is 0 Å². The van der Waals surface area contributed by atoms with Gasteiger partial charge in [0, 0.05) is 5.69 Å². The van der Waals surface area contributed by atoms with Gasteiger partial charge in [0.05, 0.1) is 23.2 Å². The number of amides is 2. The lowest BCUT2D eigenvalue weighted by molar-refractivity contribution is -0.114. The maximum atomic E-state index is 12.8. The molecule has 2 N–H and O–H groups in total. The number of hydrogen-bond donors (Lipinski definition) is 2. The van der Waals surface area contributed by atoms with Crippen LogP contribution < -0.4 is 14.9 Å². The van der Waals surface area contributed by atoms with Crippen molar-refractivity contribution >= 4 is 38.9 Å². The zero-order chi connectivity index (χ0) is 23.3. The van der Waals surface area contributed by atoms with E-state index in [9.17, 15) is 18.0 Å². The third kappa shape index (κ3) is 5.73. The van der Waals surface area contributed by atoms with E-state index in [1.807, 2.05) is 25.1 Å². The van der Waals surface area contributed by atoms with E-state index in [0.717, 1.165) is 21.7 Å². The minimum atomic E-state index is -3.71. The summed E-state index contributed by atoms with van der Waals surface area (Å²) >= 11 is 0. The molecule has 0 atom stereocenters. The molecule has 0 fully saturated rings. The maximum absolute atomic E-state index is 12.8. The van der Waals surface area contributed by atoms with E-state index in [1.165, 1.54) is 0 Å². The summed E-state index contributed by atoms with van der Waals surface area (Å²) in [6.07, 6.45) is 1.05. The third-order valence-electron chi connectivity index (χ3n) is 4.79. The zero-order valence-electron chi connectivity index (χ0n) is 18.1. The van der Waals surface area contributed by atoms with E-state index in [4.69, 9.17) is 0 Å². The Bertz CT molecular complexity index is 1260. The van der Waals surface area contributed by atoms with Gasteiger partial charge < -0.3 is 10.6 Å². The van der Waals surface area contributed by atoms with Crippen molar-refractivity contribution in [2.24, 2.45) is 0 Å². The minimum Gasteiger partial charge on any atom is -0.324 e. The highest BCUT2D eigenvalue weighted by Gasteiger charge is 2.23. The second-order valence-corrected chi connectivity index (χ2v) is 9.38. The highest BCUT2D eigenvalue weighted by Crippen LogP contribution is 2.23. The summed E-state index contributed by atoms with van der Waals surface area (Å²) in [6.45, 7) is 3.28. The third-order valence-corrected chi connectivity index (χ3v) is 5.92.